The van der Waals surface area contributed by atoms with Crippen molar-refractivity contribution in [2.75, 3.05) is 31.1 Å². The molecular formula is C16H30N2O3S2. The maximum absolute atomic E-state index is 12.3. The number of thioether (sulfide) groups is 1. The number of carbonyl (C=O) groups is 1. The van der Waals surface area contributed by atoms with Crippen molar-refractivity contribution < 1.29 is 13.2 Å². The number of hydrogen-bond acceptors (Lipinski definition) is 4. The molecule has 1 N–H and O–H groups in total. The average Bonchev–Trinajstić information content (AvgIpc) is 2.59. The summed E-state index contributed by atoms with van der Waals surface area (Å²) < 4.78 is 25.4. The fourth-order valence-electron chi connectivity index (χ4n) is 3.37. The summed E-state index contributed by atoms with van der Waals surface area (Å²) in [6, 6.07) is 0. The minimum Gasteiger partial charge on any atom is -0.355 e. The van der Waals surface area contributed by atoms with E-state index in [9.17, 15) is 13.2 Å². The third-order valence-corrected chi connectivity index (χ3v) is 8.05. The summed E-state index contributed by atoms with van der Waals surface area (Å²) in [5.41, 5.74) is 0. The molecule has 1 aliphatic heterocycles. The van der Waals surface area contributed by atoms with E-state index in [1.54, 1.807) is 6.92 Å². The van der Waals surface area contributed by atoms with Gasteiger partial charge >= 0.3 is 0 Å². The molecule has 1 amide bonds. The van der Waals surface area contributed by atoms with Crippen LogP contribution in [0.2, 0.25) is 0 Å². The predicted molar refractivity (Wildman–Crippen MR) is 96.1 cm³/mol. The zero-order chi connectivity index (χ0) is 16.7. The second-order valence-corrected chi connectivity index (χ2v) is 10.2. The Balaban J connectivity index is 1.68. The number of carbonyl (C=O) groups excluding carboxylic acids is 1. The molecule has 23 heavy (non-hydrogen) atoms. The topological polar surface area (TPSA) is 66.5 Å². The largest absolute Gasteiger partial charge is 0.355 e. The minimum absolute atomic E-state index is 0.0187. The molecule has 0 unspecified atom stereocenters. The van der Waals surface area contributed by atoms with Gasteiger partial charge in [-0.05, 0) is 32.6 Å². The second-order valence-electron chi connectivity index (χ2n) is 6.52. The molecule has 0 bridgehead atoms. The molecule has 1 saturated carbocycles. The first kappa shape index (κ1) is 19.1. The van der Waals surface area contributed by atoms with Crippen LogP contribution >= 0.6 is 11.8 Å². The standard InChI is InChI=1S/C16H30N2O3S2/c1-2-23(20,21)18-11-6-7-14(13-18)16(19)17-10-12-22-15-8-4-3-5-9-15/h14-15H,2-13H2,1H3,(H,17,19)/t14-/m1/s1. The summed E-state index contributed by atoms with van der Waals surface area (Å²) >= 11 is 1.97. The van der Waals surface area contributed by atoms with Crippen molar-refractivity contribution in [2.45, 2.75) is 57.1 Å². The molecule has 0 aromatic heterocycles. The Labute approximate surface area is 145 Å². The highest BCUT2D eigenvalue weighted by atomic mass is 32.2. The number of hydrogen-bond donors (Lipinski definition) is 1. The molecule has 0 radical (unpaired) electrons. The zero-order valence-electron chi connectivity index (χ0n) is 14.1. The molecule has 0 spiro atoms. The number of nitrogens with one attached hydrogen (secondary N) is 1. The molecule has 0 aromatic carbocycles. The van der Waals surface area contributed by atoms with Crippen molar-refractivity contribution in [1.82, 2.24) is 9.62 Å². The van der Waals surface area contributed by atoms with E-state index in [2.05, 4.69) is 5.32 Å². The van der Waals surface area contributed by atoms with Gasteiger partial charge in [0, 0.05) is 30.6 Å². The zero-order valence-corrected chi connectivity index (χ0v) is 15.8. The summed E-state index contributed by atoms with van der Waals surface area (Å²) in [7, 11) is -3.18. The number of amides is 1. The van der Waals surface area contributed by atoms with E-state index in [1.807, 2.05) is 11.8 Å². The normalized spacial score (nSPS) is 24.5. The predicted octanol–water partition coefficient (Wildman–Crippen LogP) is 2.23. The van der Waals surface area contributed by atoms with Crippen LogP contribution in [0, 0.1) is 5.92 Å². The first-order valence-electron chi connectivity index (χ1n) is 8.90. The monoisotopic (exact) mass is 362 g/mol. The van der Waals surface area contributed by atoms with Gasteiger partial charge in [0.05, 0.1) is 11.7 Å². The summed E-state index contributed by atoms with van der Waals surface area (Å²) in [4.78, 5) is 12.3. The van der Waals surface area contributed by atoms with Gasteiger partial charge in [0.15, 0.2) is 0 Å². The molecule has 1 saturated heterocycles. The number of piperidine rings is 1. The Kier molecular flexibility index (Phi) is 7.69. The highest BCUT2D eigenvalue weighted by Crippen LogP contribution is 2.27. The second kappa shape index (κ2) is 9.28. The molecule has 1 heterocycles. The van der Waals surface area contributed by atoms with Crippen LogP contribution in [-0.4, -0.2) is 55.0 Å². The van der Waals surface area contributed by atoms with E-state index in [0.717, 1.165) is 23.8 Å². The van der Waals surface area contributed by atoms with E-state index in [4.69, 9.17) is 0 Å². The molecule has 1 aliphatic carbocycles. The van der Waals surface area contributed by atoms with Gasteiger partial charge in [-0.25, -0.2) is 12.7 Å². The minimum atomic E-state index is -3.18. The summed E-state index contributed by atoms with van der Waals surface area (Å²) in [6.45, 7) is 3.24. The Morgan fingerprint density at radius 2 is 1.91 bits per heavy atom. The van der Waals surface area contributed by atoms with Gasteiger partial charge in [-0.3, -0.25) is 4.79 Å². The fourth-order valence-corrected chi connectivity index (χ4v) is 5.77. The van der Waals surface area contributed by atoms with Gasteiger partial charge in [0.25, 0.3) is 0 Å². The van der Waals surface area contributed by atoms with Crippen LogP contribution in [0.15, 0.2) is 0 Å². The van der Waals surface area contributed by atoms with Crippen molar-refractivity contribution >= 4 is 27.7 Å². The summed E-state index contributed by atoms with van der Waals surface area (Å²) in [5.74, 6) is 0.898. The SMILES string of the molecule is CCS(=O)(=O)N1CCC[C@@H](C(=O)NCCSC2CCCCC2)C1. The maximum Gasteiger partial charge on any atom is 0.224 e. The first-order chi connectivity index (χ1) is 11.0. The van der Waals surface area contributed by atoms with E-state index in [-0.39, 0.29) is 17.6 Å². The van der Waals surface area contributed by atoms with Gasteiger partial charge in [-0.15, -0.1) is 0 Å². The van der Waals surface area contributed by atoms with Gasteiger partial charge in [0.1, 0.15) is 0 Å². The molecule has 0 aromatic rings. The molecule has 2 fully saturated rings. The summed E-state index contributed by atoms with van der Waals surface area (Å²) in [6.07, 6.45) is 8.23. The fraction of sp³-hybridized carbons (Fsp3) is 0.938. The maximum atomic E-state index is 12.3. The van der Waals surface area contributed by atoms with E-state index < -0.39 is 10.0 Å². The van der Waals surface area contributed by atoms with Gasteiger partial charge in [-0.2, -0.15) is 11.8 Å². The lowest BCUT2D eigenvalue weighted by molar-refractivity contribution is -0.125. The van der Waals surface area contributed by atoms with E-state index in [1.165, 1.54) is 36.4 Å². The lowest BCUT2D eigenvalue weighted by Gasteiger charge is -2.31. The molecule has 134 valence electrons. The third-order valence-electron chi connectivity index (χ3n) is 4.82. The smallest absolute Gasteiger partial charge is 0.224 e. The van der Waals surface area contributed by atoms with Crippen molar-refractivity contribution in [3.05, 3.63) is 0 Å². The van der Waals surface area contributed by atoms with Crippen molar-refractivity contribution in [1.29, 1.82) is 0 Å². The van der Waals surface area contributed by atoms with Crippen LogP contribution in [0.3, 0.4) is 0 Å². The van der Waals surface area contributed by atoms with Crippen LogP contribution in [0.25, 0.3) is 0 Å². The van der Waals surface area contributed by atoms with Gasteiger partial charge in [-0.1, -0.05) is 19.3 Å². The van der Waals surface area contributed by atoms with E-state index in [0.29, 0.717) is 19.6 Å². The molecule has 2 rings (SSSR count). The highest BCUT2D eigenvalue weighted by molar-refractivity contribution is 7.99. The van der Waals surface area contributed by atoms with Crippen LogP contribution in [0.5, 0.6) is 0 Å². The lowest BCUT2D eigenvalue weighted by Crippen LogP contribution is -2.46. The Morgan fingerprint density at radius 1 is 1.17 bits per heavy atom. The van der Waals surface area contributed by atoms with Crippen molar-refractivity contribution in [3.63, 3.8) is 0 Å². The van der Waals surface area contributed by atoms with Crippen LogP contribution in [-0.2, 0) is 14.8 Å². The average molecular weight is 363 g/mol. The molecule has 1 atom stereocenters. The number of nitrogens with zero attached hydrogens (tertiary/aromatic N) is 1. The third kappa shape index (κ3) is 5.94. The van der Waals surface area contributed by atoms with Crippen LogP contribution in [0.4, 0.5) is 0 Å². The molecule has 5 nitrogen and oxygen atoms in total. The molecule has 2 aliphatic rings. The summed E-state index contributed by atoms with van der Waals surface area (Å²) in [5, 5.41) is 3.77. The first-order valence-corrected chi connectivity index (χ1v) is 11.6. The quantitative estimate of drug-likeness (QED) is 0.705. The Hall–Kier alpha value is -0.270. The van der Waals surface area contributed by atoms with E-state index >= 15 is 0 Å². The van der Waals surface area contributed by atoms with Crippen molar-refractivity contribution in [3.8, 4) is 0 Å². The Morgan fingerprint density at radius 3 is 2.61 bits per heavy atom. The van der Waals surface area contributed by atoms with Crippen molar-refractivity contribution in [2.24, 2.45) is 5.92 Å². The molecular weight excluding hydrogens is 332 g/mol. The van der Waals surface area contributed by atoms with Gasteiger partial charge < -0.3 is 5.32 Å². The lowest BCUT2D eigenvalue weighted by atomic mass is 9.99. The van der Waals surface area contributed by atoms with Gasteiger partial charge in [0.2, 0.25) is 15.9 Å². The highest BCUT2D eigenvalue weighted by Gasteiger charge is 2.31. The Bertz CT molecular complexity index is 476. The number of rotatable bonds is 7. The number of sulfonamides is 1. The molecule has 7 heteroatoms. The van der Waals surface area contributed by atoms with Crippen LogP contribution < -0.4 is 5.32 Å². The van der Waals surface area contributed by atoms with Crippen LogP contribution in [0.1, 0.15) is 51.9 Å².